The van der Waals surface area contributed by atoms with Crippen molar-refractivity contribution in [2.75, 3.05) is 0 Å². The van der Waals surface area contributed by atoms with Crippen molar-refractivity contribution in [3.05, 3.63) is 0 Å². The minimum Gasteiger partial charge on any atom is -0.376 e. The molecule has 0 saturated carbocycles. The van der Waals surface area contributed by atoms with Crippen LogP contribution in [0.25, 0.3) is 0 Å². The van der Waals surface area contributed by atoms with Crippen LogP contribution in [0.2, 0.25) is 0 Å². The lowest BCUT2D eigenvalue weighted by molar-refractivity contribution is -0.124. The second-order valence-electron chi connectivity index (χ2n) is 3.23. The highest BCUT2D eigenvalue weighted by Crippen LogP contribution is 2.42. The second-order valence-corrected chi connectivity index (χ2v) is 5.51. The van der Waals surface area contributed by atoms with Gasteiger partial charge < -0.3 is 4.74 Å². The van der Waals surface area contributed by atoms with Gasteiger partial charge in [0.15, 0.2) is 0 Å². The van der Waals surface area contributed by atoms with Crippen LogP contribution in [0, 0.1) is 0 Å². The van der Waals surface area contributed by atoms with Crippen LogP contribution in [-0.2, 0) is 4.74 Å². The van der Waals surface area contributed by atoms with E-state index < -0.39 is 9.97 Å². The summed E-state index contributed by atoms with van der Waals surface area (Å²) in [6, 6.07) is 0. The molecule has 15 heavy (non-hydrogen) atoms. The Bertz CT molecular complexity index is 145. The van der Waals surface area contributed by atoms with E-state index in [0.717, 1.165) is 0 Å². The molecule has 0 heterocycles. The SMILES string of the molecule is CC(C)OC(C)C.FC(F)(F)C(Cl)(Cl)Cl. The smallest absolute Gasteiger partial charge is 0.376 e. The van der Waals surface area contributed by atoms with Gasteiger partial charge in [-0.05, 0) is 27.7 Å². The van der Waals surface area contributed by atoms with E-state index in [1.165, 1.54) is 0 Å². The highest BCUT2D eigenvalue weighted by atomic mass is 35.6. The summed E-state index contributed by atoms with van der Waals surface area (Å²) in [5, 5.41) is 0. The Morgan fingerprint density at radius 2 is 1.07 bits per heavy atom. The second kappa shape index (κ2) is 7.05. The van der Waals surface area contributed by atoms with Crippen molar-refractivity contribution in [1.82, 2.24) is 0 Å². The third-order valence-electron chi connectivity index (χ3n) is 0.866. The minimum atomic E-state index is -4.77. The predicted octanol–water partition coefficient (Wildman–Crippen LogP) is 4.74. The van der Waals surface area contributed by atoms with Gasteiger partial charge in [0, 0.05) is 0 Å². The molecule has 0 N–H and O–H groups in total. The first-order valence-corrected chi connectivity index (χ1v) is 5.30. The molecule has 0 spiro atoms. The molecule has 0 aromatic carbocycles. The summed E-state index contributed by atoms with van der Waals surface area (Å²) in [6.45, 7) is 8.17. The van der Waals surface area contributed by atoms with Gasteiger partial charge in [0.2, 0.25) is 0 Å². The van der Waals surface area contributed by atoms with Crippen molar-refractivity contribution >= 4 is 34.8 Å². The average Bonchev–Trinajstić information content (AvgIpc) is 1.78. The van der Waals surface area contributed by atoms with Crippen LogP contribution in [0.4, 0.5) is 13.2 Å². The fraction of sp³-hybridized carbons (Fsp3) is 1.00. The van der Waals surface area contributed by atoms with E-state index in [9.17, 15) is 13.2 Å². The standard InChI is InChI=1S/C6H14O.C2Cl3F3/c1-5(2)7-6(3)4;3-1(4,5)2(6,7)8/h5-6H,1-4H3;. The van der Waals surface area contributed by atoms with Crippen LogP contribution in [0.3, 0.4) is 0 Å². The van der Waals surface area contributed by atoms with Gasteiger partial charge in [-0.25, -0.2) is 0 Å². The molecule has 0 rings (SSSR count). The quantitative estimate of drug-likeness (QED) is 0.667. The molecule has 0 aliphatic heterocycles. The molecule has 0 aromatic heterocycles. The fourth-order valence-electron chi connectivity index (χ4n) is 0.544. The first-order valence-electron chi connectivity index (χ1n) is 4.16. The Kier molecular flexibility index (Phi) is 8.45. The first-order chi connectivity index (χ1) is 6.38. The molecule has 0 radical (unpaired) electrons. The average molecular weight is 290 g/mol. The van der Waals surface area contributed by atoms with Crippen LogP contribution < -0.4 is 0 Å². The molecule has 0 fully saturated rings. The van der Waals surface area contributed by atoms with Gasteiger partial charge in [0.1, 0.15) is 0 Å². The zero-order valence-corrected chi connectivity index (χ0v) is 11.1. The Balaban J connectivity index is 0. The third kappa shape index (κ3) is 12.6. The number of halogens is 6. The van der Waals surface area contributed by atoms with E-state index in [0.29, 0.717) is 12.2 Å². The van der Waals surface area contributed by atoms with Gasteiger partial charge in [-0.1, -0.05) is 34.8 Å². The normalized spacial score (nSPS) is 12.8. The Labute approximate surface area is 103 Å². The van der Waals surface area contributed by atoms with Crippen molar-refractivity contribution in [1.29, 1.82) is 0 Å². The van der Waals surface area contributed by atoms with Crippen molar-refractivity contribution in [3.63, 3.8) is 0 Å². The predicted molar refractivity (Wildman–Crippen MR) is 57.7 cm³/mol. The van der Waals surface area contributed by atoms with E-state index in [4.69, 9.17) is 4.74 Å². The summed E-state index contributed by atoms with van der Waals surface area (Å²) in [7, 11) is 0. The lowest BCUT2D eigenvalue weighted by Crippen LogP contribution is -2.27. The maximum Gasteiger partial charge on any atom is 0.435 e. The van der Waals surface area contributed by atoms with E-state index in [1.54, 1.807) is 0 Å². The summed E-state index contributed by atoms with van der Waals surface area (Å²) in [5.74, 6) is 0. The molecule has 0 aliphatic rings. The molecule has 0 amide bonds. The number of rotatable bonds is 2. The lowest BCUT2D eigenvalue weighted by Gasteiger charge is -2.13. The van der Waals surface area contributed by atoms with Gasteiger partial charge >= 0.3 is 6.18 Å². The van der Waals surface area contributed by atoms with E-state index in [1.807, 2.05) is 27.7 Å². The Hall–Kier alpha value is 0.620. The van der Waals surface area contributed by atoms with Crippen molar-refractivity contribution < 1.29 is 17.9 Å². The monoisotopic (exact) mass is 288 g/mol. The van der Waals surface area contributed by atoms with E-state index in [2.05, 4.69) is 34.8 Å². The van der Waals surface area contributed by atoms with Gasteiger partial charge in [-0.15, -0.1) is 0 Å². The summed E-state index contributed by atoms with van der Waals surface area (Å²) in [5.41, 5.74) is 0. The van der Waals surface area contributed by atoms with Crippen molar-refractivity contribution in [2.45, 2.75) is 49.9 Å². The minimum absolute atomic E-state index is 0.375. The Morgan fingerprint density at radius 3 is 1.07 bits per heavy atom. The summed E-state index contributed by atoms with van der Waals surface area (Å²) >= 11 is 13.2. The zero-order chi connectivity index (χ0) is 12.9. The highest BCUT2D eigenvalue weighted by molar-refractivity contribution is 6.68. The molecule has 0 atom stereocenters. The maximum atomic E-state index is 11.2. The van der Waals surface area contributed by atoms with Crippen LogP contribution in [0.1, 0.15) is 27.7 Å². The van der Waals surface area contributed by atoms with Crippen LogP contribution >= 0.6 is 34.8 Å². The Morgan fingerprint density at radius 1 is 0.867 bits per heavy atom. The molecule has 0 bridgehead atoms. The number of hydrogen-bond donors (Lipinski definition) is 0. The van der Waals surface area contributed by atoms with E-state index >= 15 is 0 Å². The molecule has 0 aromatic rings. The van der Waals surface area contributed by atoms with Crippen LogP contribution in [0.15, 0.2) is 0 Å². The maximum absolute atomic E-state index is 11.2. The van der Waals surface area contributed by atoms with Crippen LogP contribution in [-0.4, -0.2) is 22.2 Å². The molecule has 94 valence electrons. The van der Waals surface area contributed by atoms with Crippen molar-refractivity contribution in [3.8, 4) is 0 Å². The topological polar surface area (TPSA) is 9.23 Å². The highest BCUT2D eigenvalue weighted by Gasteiger charge is 2.51. The third-order valence-corrected chi connectivity index (χ3v) is 1.51. The number of hydrogen-bond acceptors (Lipinski definition) is 1. The van der Waals surface area contributed by atoms with Crippen molar-refractivity contribution in [2.24, 2.45) is 0 Å². The number of ether oxygens (including phenoxy) is 1. The summed E-state index contributed by atoms with van der Waals surface area (Å²) in [4.78, 5) is 0. The molecule has 0 aliphatic carbocycles. The van der Waals surface area contributed by atoms with E-state index in [-0.39, 0.29) is 0 Å². The first kappa shape index (κ1) is 18.0. The number of alkyl halides is 6. The summed E-state index contributed by atoms with van der Waals surface area (Å²) < 4.78 is 35.6. The lowest BCUT2D eigenvalue weighted by atomic mass is 10.4. The van der Waals surface area contributed by atoms with Gasteiger partial charge in [0.05, 0.1) is 12.2 Å². The molecular weight excluding hydrogens is 275 g/mol. The molecule has 1 nitrogen and oxygen atoms in total. The molecule has 7 heteroatoms. The molecular formula is C8H14Cl3F3O. The van der Waals surface area contributed by atoms with Gasteiger partial charge in [-0.3, -0.25) is 0 Å². The molecule has 0 unspecified atom stereocenters. The summed E-state index contributed by atoms with van der Waals surface area (Å²) in [6.07, 6.45) is -4.02. The van der Waals surface area contributed by atoms with Gasteiger partial charge in [0.25, 0.3) is 3.79 Å². The molecule has 0 saturated heterocycles. The largest absolute Gasteiger partial charge is 0.435 e. The van der Waals surface area contributed by atoms with Gasteiger partial charge in [-0.2, -0.15) is 13.2 Å². The van der Waals surface area contributed by atoms with Crippen LogP contribution in [0.5, 0.6) is 0 Å². The zero-order valence-electron chi connectivity index (χ0n) is 8.83. The fourth-order valence-corrected chi connectivity index (χ4v) is 0.544.